The molecule has 0 atom stereocenters. The standard InChI is InChI=1S/C12H12ClNO3/c1-7(2)6-10(15)14-9-5-3-4-8(13)11(9)12(16)17/h3-6H,1-2H3,(H,14,15)(H,16,17). The Balaban J connectivity index is 3.07. The maximum absolute atomic E-state index is 11.5. The molecule has 0 fully saturated rings. The van der Waals surface area contributed by atoms with E-state index in [1.165, 1.54) is 18.2 Å². The summed E-state index contributed by atoms with van der Waals surface area (Å²) in [5.74, 6) is -1.56. The first kappa shape index (κ1) is 13.3. The second kappa shape index (κ2) is 5.50. The molecule has 0 aliphatic carbocycles. The minimum Gasteiger partial charge on any atom is -0.478 e. The Kier molecular flexibility index (Phi) is 4.29. The molecule has 2 N–H and O–H groups in total. The quantitative estimate of drug-likeness (QED) is 0.814. The summed E-state index contributed by atoms with van der Waals surface area (Å²) in [6.07, 6.45) is 1.38. The summed E-state index contributed by atoms with van der Waals surface area (Å²) in [5.41, 5.74) is 0.901. The average molecular weight is 254 g/mol. The van der Waals surface area contributed by atoms with E-state index in [1.807, 2.05) is 0 Å². The molecule has 5 heteroatoms. The molecule has 0 saturated carbocycles. The van der Waals surface area contributed by atoms with E-state index in [0.29, 0.717) is 0 Å². The summed E-state index contributed by atoms with van der Waals surface area (Å²) in [5, 5.41) is 11.6. The van der Waals surface area contributed by atoms with Crippen molar-refractivity contribution in [3.8, 4) is 0 Å². The molecule has 1 amide bonds. The highest BCUT2D eigenvalue weighted by atomic mass is 35.5. The van der Waals surface area contributed by atoms with Gasteiger partial charge in [0.2, 0.25) is 5.91 Å². The van der Waals surface area contributed by atoms with E-state index in [0.717, 1.165) is 5.57 Å². The van der Waals surface area contributed by atoms with Gasteiger partial charge >= 0.3 is 5.97 Å². The van der Waals surface area contributed by atoms with Crippen LogP contribution >= 0.6 is 11.6 Å². The minimum atomic E-state index is -1.18. The molecule has 0 spiro atoms. The first-order valence-electron chi connectivity index (χ1n) is 4.89. The van der Waals surface area contributed by atoms with E-state index >= 15 is 0 Å². The van der Waals surface area contributed by atoms with Gasteiger partial charge in [0.05, 0.1) is 10.7 Å². The van der Waals surface area contributed by atoms with Gasteiger partial charge in [0.15, 0.2) is 0 Å². The van der Waals surface area contributed by atoms with Gasteiger partial charge in [0.25, 0.3) is 0 Å². The fourth-order valence-corrected chi connectivity index (χ4v) is 1.53. The predicted molar refractivity (Wildman–Crippen MR) is 66.5 cm³/mol. The normalized spacial score (nSPS) is 9.59. The van der Waals surface area contributed by atoms with Gasteiger partial charge in [-0.3, -0.25) is 4.79 Å². The number of carboxylic acid groups (broad SMARTS) is 1. The fraction of sp³-hybridized carbons (Fsp3) is 0.167. The van der Waals surface area contributed by atoms with E-state index < -0.39 is 5.97 Å². The van der Waals surface area contributed by atoms with Gasteiger partial charge in [0, 0.05) is 6.08 Å². The van der Waals surface area contributed by atoms with Crippen molar-refractivity contribution in [1.82, 2.24) is 0 Å². The zero-order chi connectivity index (χ0) is 13.0. The molecule has 17 heavy (non-hydrogen) atoms. The number of benzene rings is 1. The highest BCUT2D eigenvalue weighted by molar-refractivity contribution is 6.34. The monoisotopic (exact) mass is 253 g/mol. The van der Waals surface area contributed by atoms with Gasteiger partial charge in [-0.05, 0) is 26.0 Å². The van der Waals surface area contributed by atoms with Crippen LogP contribution in [0, 0.1) is 0 Å². The topological polar surface area (TPSA) is 66.4 Å². The first-order valence-corrected chi connectivity index (χ1v) is 5.27. The Hall–Kier alpha value is -1.81. The highest BCUT2D eigenvalue weighted by Crippen LogP contribution is 2.24. The zero-order valence-corrected chi connectivity index (χ0v) is 10.2. The van der Waals surface area contributed by atoms with Crippen LogP contribution in [0.15, 0.2) is 29.8 Å². The van der Waals surface area contributed by atoms with Crippen LogP contribution in [0.25, 0.3) is 0 Å². The van der Waals surface area contributed by atoms with E-state index in [4.69, 9.17) is 16.7 Å². The molecule has 0 heterocycles. The van der Waals surface area contributed by atoms with Crippen molar-refractivity contribution in [2.45, 2.75) is 13.8 Å². The SMILES string of the molecule is CC(C)=CC(=O)Nc1cccc(Cl)c1C(=O)O. The number of rotatable bonds is 3. The lowest BCUT2D eigenvalue weighted by molar-refractivity contribution is -0.111. The molecule has 1 rings (SSSR count). The van der Waals surface area contributed by atoms with Crippen LogP contribution in [-0.2, 0) is 4.79 Å². The molecule has 1 aromatic rings. The van der Waals surface area contributed by atoms with E-state index in [1.54, 1.807) is 19.9 Å². The summed E-state index contributed by atoms with van der Waals surface area (Å²) in [7, 11) is 0. The van der Waals surface area contributed by atoms with Crippen LogP contribution < -0.4 is 5.32 Å². The van der Waals surface area contributed by atoms with Gasteiger partial charge in [-0.15, -0.1) is 0 Å². The Morgan fingerprint density at radius 1 is 1.35 bits per heavy atom. The third-order valence-electron chi connectivity index (χ3n) is 1.91. The van der Waals surface area contributed by atoms with Crippen LogP contribution in [-0.4, -0.2) is 17.0 Å². The number of nitrogens with one attached hydrogen (secondary N) is 1. The van der Waals surface area contributed by atoms with Crippen molar-refractivity contribution < 1.29 is 14.7 Å². The van der Waals surface area contributed by atoms with Gasteiger partial charge in [-0.1, -0.05) is 23.2 Å². The van der Waals surface area contributed by atoms with E-state index in [9.17, 15) is 9.59 Å². The Labute approximate surface area is 104 Å². The molecule has 0 bridgehead atoms. The maximum Gasteiger partial charge on any atom is 0.339 e. The second-order valence-electron chi connectivity index (χ2n) is 3.68. The van der Waals surface area contributed by atoms with Gasteiger partial charge < -0.3 is 10.4 Å². The van der Waals surface area contributed by atoms with Gasteiger partial charge in [-0.2, -0.15) is 0 Å². The first-order chi connectivity index (χ1) is 7.91. The molecule has 0 unspecified atom stereocenters. The Morgan fingerprint density at radius 3 is 2.53 bits per heavy atom. The number of aromatic carboxylic acids is 1. The molecule has 0 aromatic heterocycles. The van der Waals surface area contributed by atoms with Crippen LogP contribution in [0.2, 0.25) is 5.02 Å². The number of halogens is 1. The smallest absolute Gasteiger partial charge is 0.339 e. The molecular formula is C12H12ClNO3. The largest absolute Gasteiger partial charge is 0.478 e. The number of hydrogen-bond acceptors (Lipinski definition) is 2. The van der Waals surface area contributed by atoms with Crippen molar-refractivity contribution in [3.63, 3.8) is 0 Å². The van der Waals surface area contributed by atoms with E-state index in [2.05, 4.69) is 5.32 Å². The van der Waals surface area contributed by atoms with Gasteiger partial charge in [-0.25, -0.2) is 4.79 Å². The van der Waals surface area contributed by atoms with Crippen molar-refractivity contribution in [1.29, 1.82) is 0 Å². The summed E-state index contributed by atoms with van der Waals surface area (Å²) in [4.78, 5) is 22.5. The van der Waals surface area contributed by atoms with Crippen LogP contribution in [0.3, 0.4) is 0 Å². The lowest BCUT2D eigenvalue weighted by Crippen LogP contribution is -2.12. The minimum absolute atomic E-state index is 0.0903. The van der Waals surface area contributed by atoms with Crippen molar-refractivity contribution >= 4 is 29.2 Å². The maximum atomic E-state index is 11.5. The fourth-order valence-electron chi connectivity index (χ4n) is 1.28. The van der Waals surface area contributed by atoms with Crippen molar-refractivity contribution in [3.05, 3.63) is 40.4 Å². The summed E-state index contributed by atoms with van der Waals surface area (Å²) in [6.45, 7) is 3.55. The summed E-state index contributed by atoms with van der Waals surface area (Å²) < 4.78 is 0. The molecule has 0 aliphatic heterocycles. The molecule has 4 nitrogen and oxygen atoms in total. The van der Waals surface area contributed by atoms with Crippen molar-refractivity contribution in [2.75, 3.05) is 5.32 Å². The Morgan fingerprint density at radius 2 is 2.00 bits per heavy atom. The summed E-state index contributed by atoms with van der Waals surface area (Å²) >= 11 is 5.77. The molecule has 0 aliphatic rings. The van der Waals surface area contributed by atoms with Gasteiger partial charge in [0.1, 0.15) is 5.56 Å². The molecule has 0 radical (unpaired) electrons. The van der Waals surface area contributed by atoms with Crippen LogP contribution in [0.1, 0.15) is 24.2 Å². The predicted octanol–water partition coefficient (Wildman–Crippen LogP) is 2.94. The number of hydrogen-bond donors (Lipinski definition) is 2. The molecule has 90 valence electrons. The van der Waals surface area contributed by atoms with Crippen LogP contribution in [0.5, 0.6) is 0 Å². The number of anilines is 1. The lowest BCUT2D eigenvalue weighted by atomic mass is 10.1. The zero-order valence-electron chi connectivity index (χ0n) is 9.45. The van der Waals surface area contributed by atoms with Crippen molar-refractivity contribution in [2.24, 2.45) is 0 Å². The molecule has 1 aromatic carbocycles. The van der Waals surface area contributed by atoms with Crippen LogP contribution in [0.4, 0.5) is 5.69 Å². The van der Waals surface area contributed by atoms with E-state index in [-0.39, 0.29) is 22.2 Å². The number of allylic oxidation sites excluding steroid dienone is 1. The molecular weight excluding hydrogens is 242 g/mol. The Bertz CT molecular complexity index is 491. The number of carbonyl (C=O) groups is 2. The average Bonchev–Trinajstić information content (AvgIpc) is 2.15. The second-order valence-corrected chi connectivity index (χ2v) is 4.09. The third-order valence-corrected chi connectivity index (χ3v) is 2.22. The number of amides is 1. The highest BCUT2D eigenvalue weighted by Gasteiger charge is 2.15. The third kappa shape index (κ3) is 3.60. The number of carbonyl (C=O) groups excluding carboxylic acids is 1. The number of carboxylic acids is 1. The lowest BCUT2D eigenvalue weighted by Gasteiger charge is -2.08. The molecule has 0 saturated heterocycles. The summed E-state index contributed by atoms with van der Waals surface area (Å²) in [6, 6.07) is 4.53.